The number of hydrogen-bond donors (Lipinski definition) is 3. The summed E-state index contributed by atoms with van der Waals surface area (Å²) in [7, 11) is 9.87. The first-order valence-electron chi connectivity index (χ1n) is 19.3. The smallest absolute Gasteiger partial charge is 1.00 e. The van der Waals surface area contributed by atoms with Crippen molar-refractivity contribution in [3.63, 3.8) is 0 Å². The number of nitrogen functional groups attached to an aromatic ring is 1. The molecular weight excluding hydrogens is 1170 g/mol. The summed E-state index contributed by atoms with van der Waals surface area (Å²) in [6.45, 7) is 6.92. The van der Waals surface area contributed by atoms with E-state index in [1.54, 1.807) is 19.9 Å². The second-order valence-corrected chi connectivity index (χ2v) is 19.0. The van der Waals surface area contributed by atoms with Crippen LogP contribution in [0.2, 0.25) is 15.5 Å². The zero-order valence-corrected chi connectivity index (χ0v) is 45.8. The summed E-state index contributed by atoms with van der Waals surface area (Å²) in [6.07, 6.45) is -3.63. The summed E-state index contributed by atoms with van der Waals surface area (Å²) >= 11 is 16.6. The molecule has 0 saturated heterocycles. The Balaban J connectivity index is 0.000000590. The van der Waals surface area contributed by atoms with E-state index in [0.717, 1.165) is 23.7 Å². The number of alkyl halides is 7. The summed E-state index contributed by atoms with van der Waals surface area (Å²) < 4.78 is 105. The van der Waals surface area contributed by atoms with Crippen LogP contribution >= 0.6 is 52.6 Å². The molecule has 0 unspecified atom stereocenters. The molecule has 1 aliphatic carbocycles. The van der Waals surface area contributed by atoms with Gasteiger partial charge in [0.15, 0.2) is 0 Å². The second kappa shape index (κ2) is 29.7. The van der Waals surface area contributed by atoms with E-state index in [-0.39, 0.29) is 84.4 Å². The minimum atomic E-state index is -6.21. The topological polar surface area (TPSA) is 243 Å². The Morgan fingerprint density at radius 1 is 0.814 bits per heavy atom. The van der Waals surface area contributed by atoms with Crippen molar-refractivity contribution in [3.8, 4) is 16.8 Å². The predicted octanol–water partition coefficient (Wildman–Crippen LogP) is 7.50. The number of anilines is 1. The Kier molecular flexibility index (Phi) is 27.2. The van der Waals surface area contributed by atoms with Crippen LogP contribution in [-0.4, -0.2) is 93.1 Å². The van der Waals surface area contributed by atoms with Crippen LogP contribution in [0.25, 0.3) is 16.8 Å². The van der Waals surface area contributed by atoms with Crippen molar-refractivity contribution >= 4 is 95.1 Å². The van der Waals surface area contributed by atoms with Crippen molar-refractivity contribution in [2.45, 2.75) is 71.1 Å². The average molecular weight is 1210 g/mol. The van der Waals surface area contributed by atoms with Gasteiger partial charge in [-0.25, -0.2) is 33.6 Å². The van der Waals surface area contributed by atoms with Crippen molar-refractivity contribution in [1.29, 1.82) is 0 Å². The molecule has 1 aromatic carbocycles. The maximum absolute atomic E-state index is 14.6. The van der Waals surface area contributed by atoms with Crippen molar-refractivity contribution < 1.29 is 84.1 Å². The largest absolute Gasteiger partial charge is 1.00 e. The number of halogens is 12. The summed E-state index contributed by atoms with van der Waals surface area (Å²) in [4.78, 5) is 54.5. The van der Waals surface area contributed by atoms with Gasteiger partial charge in [0.1, 0.15) is 15.5 Å². The molecule has 0 aliphatic heterocycles. The minimum Gasteiger partial charge on any atom is 1.00 e. The number of ether oxygens (including phenoxy) is 2. The number of nitrogens with zero attached hydrogens (tertiary/aromatic N) is 6. The zero-order chi connectivity index (χ0) is 52.4. The van der Waals surface area contributed by atoms with Gasteiger partial charge < -0.3 is 36.4 Å². The molecule has 16 nitrogen and oxygen atoms in total. The molecule has 374 valence electrons. The number of aryl methyl sites for hydroxylation is 2. The van der Waals surface area contributed by atoms with E-state index in [2.05, 4.69) is 25.4 Å². The summed E-state index contributed by atoms with van der Waals surface area (Å²) in [5.74, 6) is -1.39. The van der Waals surface area contributed by atoms with Crippen molar-refractivity contribution in [2.24, 2.45) is 11.1 Å². The number of esters is 2. The second-order valence-electron chi connectivity index (χ2n) is 13.7. The Morgan fingerprint density at radius 2 is 1.27 bits per heavy atom. The van der Waals surface area contributed by atoms with Crippen LogP contribution in [0.1, 0.15) is 80.0 Å². The van der Waals surface area contributed by atoms with Crippen molar-refractivity contribution in [2.75, 3.05) is 18.9 Å². The third kappa shape index (κ3) is 18.1. The number of nitrogens with one attached hydrogen (secondary N) is 1. The van der Waals surface area contributed by atoms with E-state index in [1.807, 2.05) is 0 Å². The molecule has 0 spiro atoms. The third-order valence-corrected chi connectivity index (χ3v) is 9.72. The van der Waals surface area contributed by atoms with E-state index in [9.17, 15) is 45.1 Å². The number of pyridine rings is 3. The van der Waals surface area contributed by atoms with E-state index < -0.39 is 60.3 Å². The Morgan fingerprint density at radius 3 is 1.73 bits per heavy atom. The van der Waals surface area contributed by atoms with Gasteiger partial charge >= 0.3 is 96.2 Å². The van der Waals surface area contributed by atoms with Crippen LogP contribution < -0.4 is 46.3 Å². The van der Waals surface area contributed by atoms with Gasteiger partial charge in [-0.1, -0.05) is 46.9 Å². The number of rotatable bonds is 10. The SMILES string of the molecule is CCOC(=O)c1cc(CN)cnc1Cl.CCOC(=O)c1cc(N)cnc1Cl.Cc1cc(C(F)(C(F)(F)F)C(F)(F)F)cc(C)c1-c1cnn(-c2cnc(Cl)c(C(=O)NC3CC3)c2)c1.O=N[O-].[Cl][Sn][Cl].[Na+]. The predicted molar refractivity (Wildman–Crippen MR) is 246 cm³/mol. The van der Waals surface area contributed by atoms with Gasteiger partial charge in [-0.3, -0.25) is 4.79 Å². The third-order valence-electron chi connectivity index (χ3n) is 8.81. The zero-order valence-electron chi connectivity index (χ0n) is 37.1. The van der Waals surface area contributed by atoms with Crippen LogP contribution in [0.3, 0.4) is 0 Å². The molecule has 5 N–H and O–H groups in total. The van der Waals surface area contributed by atoms with Crippen LogP contribution in [0, 0.1) is 24.0 Å². The molecule has 1 aliphatic rings. The monoisotopic (exact) mass is 1210 g/mol. The van der Waals surface area contributed by atoms with Gasteiger partial charge in [0.25, 0.3) is 5.91 Å². The van der Waals surface area contributed by atoms with Crippen LogP contribution in [0.15, 0.2) is 66.7 Å². The molecule has 70 heavy (non-hydrogen) atoms. The summed E-state index contributed by atoms with van der Waals surface area (Å²) in [5, 5.41) is 16.2. The quantitative estimate of drug-likeness (QED) is 0.0307. The number of amides is 1. The summed E-state index contributed by atoms with van der Waals surface area (Å²) in [5.41, 5.74) is 6.41. The fourth-order valence-electron chi connectivity index (χ4n) is 5.68. The Bertz CT molecular complexity index is 2530. The first kappa shape index (κ1) is 64.2. The fourth-order valence-corrected chi connectivity index (χ4v) is 6.23. The Labute approximate surface area is 449 Å². The van der Waals surface area contributed by atoms with Crippen molar-refractivity contribution in [1.82, 2.24) is 30.0 Å². The van der Waals surface area contributed by atoms with E-state index in [4.69, 9.17) is 83.7 Å². The van der Waals surface area contributed by atoms with Crippen LogP contribution in [-0.2, 0) is 21.7 Å². The fraction of sp³-hybridized carbons (Fsp3) is 0.325. The molecule has 0 bridgehead atoms. The van der Waals surface area contributed by atoms with Gasteiger partial charge in [0.2, 0.25) is 0 Å². The molecule has 4 aromatic heterocycles. The minimum absolute atomic E-state index is 0. The van der Waals surface area contributed by atoms with Gasteiger partial charge in [-0.05, 0) is 81.0 Å². The van der Waals surface area contributed by atoms with E-state index in [1.165, 1.54) is 61.6 Å². The number of aromatic nitrogens is 5. The molecule has 2 radical (unpaired) electrons. The van der Waals surface area contributed by atoms with Gasteiger partial charge in [-0.2, -0.15) is 31.4 Å². The summed E-state index contributed by atoms with van der Waals surface area (Å²) in [6, 6.07) is 5.63. The molecule has 5 aromatic rings. The molecular formula is C40H38Cl5F7N9NaO7Sn. The molecule has 0 atom stereocenters. The van der Waals surface area contributed by atoms with Crippen LogP contribution in [0.4, 0.5) is 36.4 Å². The molecule has 1 saturated carbocycles. The van der Waals surface area contributed by atoms with Gasteiger partial charge in [0, 0.05) is 36.1 Å². The van der Waals surface area contributed by atoms with Gasteiger partial charge in [-0.15, -0.1) is 5.34 Å². The molecule has 1 amide bonds. The number of benzene rings is 1. The molecule has 30 heteroatoms. The van der Waals surface area contributed by atoms with Crippen LogP contribution in [0.5, 0.6) is 0 Å². The van der Waals surface area contributed by atoms with Gasteiger partial charge in [0.05, 0.1) is 59.9 Å². The van der Waals surface area contributed by atoms with Crippen molar-refractivity contribution in [3.05, 3.63) is 126 Å². The normalized spacial score (nSPS) is 11.8. The molecule has 6 rings (SSSR count). The molecule has 4 heterocycles. The number of carbonyl (C=O) groups is 3. The average Bonchev–Trinajstić information content (AvgIpc) is 3.96. The first-order valence-corrected chi connectivity index (χ1v) is 27.6. The molecule has 1 fully saturated rings. The van der Waals surface area contributed by atoms with E-state index >= 15 is 0 Å². The standard InChI is InChI=1S/C23H18ClF7N4O.C9H11ClN2O2.C8H9ClN2O2.2ClH.HNO2.Na.Sn/c1-11-5-14(21(25,22(26,27)28)23(29,30)31)6-12(2)18(11)13-8-33-35(10-13)16-7-17(19(24)32-9-16)20(36)34-15-3-4-15;1-2-14-9(13)7-3-6(4-11)5-12-8(7)10;1-2-13-8(12)6-3-5(10)4-11-7(6)9;;;2-1-3;;/h5-10,15H,3-4H2,1-2H3,(H,34,36);3,5H,2,4,11H2,1H3;3-4H,2,10H2,1H3;2*1H;(H,2,3);;/q;;;;;;+1;+2/p-3. The maximum atomic E-state index is 14.6. The first-order chi connectivity index (χ1) is 32.3. The Hall–Kier alpha value is -3.79. The number of hydrogen-bond acceptors (Lipinski definition) is 14. The van der Waals surface area contributed by atoms with E-state index in [0.29, 0.717) is 48.8 Å². The number of carbonyl (C=O) groups excluding carboxylic acids is 3. The maximum Gasteiger partial charge on any atom is 1.00 e. The number of nitrogens with two attached hydrogens (primary N) is 2.